The van der Waals surface area contributed by atoms with Crippen molar-refractivity contribution in [3.8, 4) is 5.75 Å². The number of benzene rings is 1. The summed E-state index contributed by atoms with van der Waals surface area (Å²) in [7, 11) is 0. The Kier molecular flexibility index (Phi) is 3.04. The molecular formula is C8H5F6NO. The molecule has 2 nitrogen and oxygen atoms in total. The van der Waals surface area contributed by atoms with Gasteiger partial charge in [-0.3, -0.25) is 0 Å². The highest BCUT2D eigenvalue weighted by atomic mass is 19.4. The molecule has 0 spiro atoms. The monoisotopic (exact) mass is 245 g/mol. The van der Waals surface area contributed by atoms with Crippen LogP contribution < -0.4 is 5.73 Å². The first-order valence-corrected chi connectivity index (χ1v) is 3.85. The van der Waals surface area contributed by atoms with Crippen molar-refractivity contribution in [2.45, 2.75) is 12.2 Å². The number of rotatable bonds is 1. The van der Waals surface area contributed by atoms with Crippen LogP contribution in [0.1, 0.15) is 11.6 Å². The summed E-state index contributed by atoms with van der Waals surface area (Å²) < 4.78 is 74.1. The maximum absolute atomic E-state index is 12.7. The lowest BCUT2D eigenvalue weighted by Crippen LogP contribution is -2.29. The minimum Gasteiger partial charge on any atom is -0.505 e. The zero-order valence-corrected chi connectivity index (χ0v) is 7.45. The summed E-state index contributed by atoms with van der Waals surface area (Å²) in [4.78, 5) is 0. The van der Waals surface area contributed by atoms with E-state index in [-0.39, 0.29) is 6.07 Å². The molecule has 3 N–H and O–H groups in total. The molecule has 16 heavy (non-hydrogen) atoms. The smallest absolute Gasteiger partial charge is 0.407 e. The number of hydrogen-bond donors (Lipinski definition) is 2. The lowest BCUT2D eigenvalue weighted by molar-refractivity contribution is -0.149. The van der Waals surface area contributed by atoms with Gasteiger partial charge >= 0.3 is 6.18 Å². The molecule has 1 atom stereocenters. The first-order valence-electron chi connectivity index (χ1n) is 3.85. The lowest BCUT2D eigenvalue weighted by Gasteiger charge is -2.17. The predicted molar refractivity (Wildman–Crippen MR) is 41.0 cm³/mol. The molecule has 1 aromatic rings. The van der Waals surface area contributed by atoms with Gasteiger partial charge in [-0.05, 0) is 6.07 Å². The first kappa shape index (κ1) is 12.6. The van der Waals surface area contributed by atoms with Gasteiger partial charge in [-0.25, -0.2) is 8.78 Å². The van der Waals surface area contributed by atoms with Crippen molar-refractivity contribution in [3.05, 3.63) is 29.1 Å². The highest BCUT2D eigenvalue weighted by Crippen LogP contribution is 2.37. The summed E-state index contributed by atoms with van der Waals surface area (Å²) in [6.07, 6.45) is -5.01. The fraction of sp³-hybridized carbons (Fsp3) is 0.250. The third-order valence-electron chi connectivity index (χ3n) is 1.85. The van der Waals surface area contributed by atoms with Crippen molar-refractivity contribution < 1.29 is 31.4 Å². The van der Waals surface area contributed by atoms with Gasteiger partial charge in [0.2, 0.25) is 5.82 Å². The van der Waals surface area contributed by atoms with Crippen molar-refractivity contribution in [1.29, 1.82) is 0 Å². The molecule has 1 aromatic carbocycles. The summed E-state index contributed by atoms with van der Waals surface area (Å²) >= 11 is 0. The normalized spacial score (nSPS) is 13.9. The minimum absolute atomic E-state index is 0.00586. The zero-order valence-electron chi connectivity index (χ0n) is 7.45. The number of halogens is 6. The number of hydrogen-bond acceptors (Lipinski definition) is 2. The summed E-state index contributed by atoms with van der Waals surface area (Å²) in [5.74, 6) is -7.67. The largest absolute Gasteiger partial charge is 0.505 e. The van der Waals surface area contributed by atoms with Crippen LogP contribution in [0.5, 0.6) is 5.75 Å². The number of nitrogens with two attached hydrogens (primary N) is 1. The van der Waals surface area contributed by atoms with Gasteiger partial charge in [-0.1, -0.05) is 0 Å². The van der Waals surface area contributed by atoms with Crippen LogP contribution in [0.25, 0.3) is 0 Å². The topological polar surface area (TPSA) is 46.2 Å². The lowest BCUT2D eigenvalue weighted by atomic mass is 10.1. The third-order valence-corrected chi connectivity index (χ3v) is 1.85. The maximum atomic E-state index is 12.7. The molecule has 90 valence electrons. The van der Waals surface area contributed by atoms with E-state index >= 15 is 0 Å². The van der Waals surface area contributed by atoms with Gasteiger partial charge in [0.05, 0.1) is 0 Å². The van der Waals surface area contributed by atoms with E-state index in [9.17, 15) is 26.3 Å². The van der Waals surface area contributed by atoms with E-state index in [1.165, 1.54) is 0 Å². The van der Waals surface area contributed by atoms with Crippen molar-refractivity contribution in [2.24, 2.45) is 5.73 Å². The van der Waals surface area contributed by atoms with E-state index < -0.39 is 41.0 Å². The molecule has 0 aliphatic carbocycles. The summed E-state index contributed by atoms with van der Waals surface area (Å²) in [5, 5.41) is 8.87. The second-order valence-corrected chi connectivity index (χ2v) is 2.94. The Labute approximate surface area is 85.3 Å². The Morgan fingerprint density at radius 3 is 2.06 bits per heavy atom. The van der Waals surface area contributed by atoms with Gasteiger partial charge in [0.1, 0.15) is 6.04 Å². The highest BCUT2D eigenvalue weighted by molar-refractivity contribution is 5.38. The van der Waals surface area contributed by atoms with Crippen molar-refractivity contribution in [3.63, 3.8) is 0 Å². The fourth-order valence-electron chi connectivity index (χ4n) is 1.02. The molecule has 0 aromatic heterocycles. The van der Waals surface area contributed by atoms with Crippen LogP contribution in [-0.4, -0.2) is 11.3 Å². The van der Waals surface area contributed by atoms with Crippen LogP contribution in [-0.2, 0) is 0 Å². The van der Waals surface area contributed by atoms with E-state index in [1.54, 1.807) is 0 Å². The molecule has 0 aliphatic rings. The molecule has 0 heterocycles. The van der Waals surface area contributed by atoms with Gasteiger partial charge in [0.25, 0.3) is 0 Å². The van der Waals surface area contributed by atoms with E-state index in [0.717, 1.165) is 0 Å². The maximum Gasteiger partial charge on any atom is 0.407 e. The number of alkyl halides is 3. The number of phenols is 1. The molecule has 8 heteroatoms. The van der Waals surface area contributed by atoms with Gasteiger partial charge in [0, 0.05) is 5.56 Å². The molecule has 0 amide bonds. The van der Waals surface area contributed by atoms with Crippen LogP contribution in [0, 0.1) is 17.5 Å². The van der Waals surface area contributed by atoms with Gasteiger partial charge in [0.15, 0.2) is 17.4 Å². The fourth-order valence-corrected chi connectivity index (χ4v) is 1.02. The molecule has 0 aliphatic heterocycles. The molecule has 0 bridgehead atoms. The molecule has 0 radical (unpaired) electrons. The molecular weight excluding hydrogens is 240 g/mol. The summed E-state index contributed by atoms with van der Waals surface area (Å²) in [6.45, 7) is 0. The van der Waals surface area contributed by atoms with Crippen LogP contribution in [0.3, 0.4) is 0 Å². The Morgan fingerprint density at radius 2 is 1.62 bits per heavy atom. The Bertz CT molecular complexity index is 416. The van der Waals surface area contributed by atoms with E-state index in [0.29, 0.717) is 0 Å². The molecule has 0 unspecified atom stereocenters. The molecule has 0 fully saturated rings. The van der Waals surface area contributed by atoms with Crippen LogP contribution >= 0.6 is 0 Å². The summed E-state index contributed by atoms with van der Waals surface area (Å²) in [5.41, 5.74) is 3.36. The second-order valence-electron chi connectivity index (χ2n) is 2.94. The van der Waals surface area contributed by atoms with Gasteiger partial charge < -0.3 is 10.8 Å². The van der Waals surface area contributed by atoms with E-state index in [4.69, 9.17) is 5.11 Å². The van der Waals surface area contributed by atoms with Crippen molar-refractivity contribution >= 4 is 0 Å². The number of aromatic hydroxyl groups is 1. The Balaban J connectivity index is 3.36. The van der Waals surface area contributed by atoms with Gasteiger partial charge in [-0.2, -0.15) is 17.6 Å². The zero-order chi connectivity index (χ0) is 12.7. The van der Waals surface area contributed by atoms with Crippen molar-refractivity contribution in [2.75, 3.05) is 0 Å². The van der Waals surface area contributed by atoms with Gasteiger partial charge in [-0.15, -0.1) is 0 Å². The third kappa shape index (κ3) is 2.06. The minimum atomic E-state index is -5.01. The highest BCUT2D eigenvalue weighted by Gasteiger charge is 2.40. The summed E-state index contributed by atoms with van der Waals surface area (Å²) in [6, 6.07) is -2.79. The standard InChI is InChI=1S/C8H5F6NO/c9-3-1-2(7(15)8(12,13)14)6(16)5(11)4(3)10/h1,7,16H,15H2/t7-/m1/s1. The molecule has 1 rings (SSSR count). The average molecular weight is 245 g/mol. The van der Waals surface area contributed by atoms with Crippen molar-refractivity contribution in [1.82, 2.24) is 0 Å². The first-order chi connectivity index (χ1) is 7.16. The van der Waals surface area contributed by atoms with Crippen LogP contribution in [0.4, 0.5) is 26.3 Å². The van der Waals surface area contributed by atoms with E-state index in [2.05, 4.69) is 5.73 Å². The Morgan fingerprint density at radius 1 is 1.12 bits per heavy atom. The predicted octanol–water partition coefficient (Wildman–Crippen LogP) is 2.37. The second kappa shape index (κ2) is 3.85. The Hall–Kier alpha value is -1.44. The van der Waals surface area contributed by atoms with Crippen LogP contribution in [0.15, 0.2) is 6.07 Å². The molecule has 0 saturated carbocycles. The number of phenolic OH excluding ortho intramolecular Hbond substituents is 1. The van der Waals surface area contributed by atoms with E-state index in [1.807, 2.05) is 0 Å². The molecule has 0 saturated heterocycles. The average Bonchev–Trinajstić information content (AvgIpc) is 2.18. The SMILES string of the molecule is N[C@H](c1cc(F)c(F)c(F)c1O)C(F)(F)F. The van der Waals surface area contributed by atoms with Crippen LogP contribution in [0.2, 0.25) is 0 Å². The quantitative estimate of drug-likeness (QED) is 0.589.